The van der Waals surface area contributed by atoms with Crippen molar-refractivity contribution in [3.05, 3.63) is 22.4 Å². The largest absolute Gasteiger partial charge is 0.329 e. The fourth-order valence-electron chi connectivity index (χ4n) is 2.15. The van der Waals surface area contributed by atoms with Gasteiger partial charge in [-0.15, -0.1) is 0 Å². The average Bonchev–Trinajstić information content (AvgIpc) is 2.55. The minimum Gasteiger partial charge on any atom is -0.329 e. The highest BCUT2D eigenvalue weighted by molar-refractivity contribution is 7.07. The van der Waals surface area contributed by atoms with Gasteiger partial charge in [-0.3, -0.25) is 4.90 Å². The van der Waals surface area contributed by atoms with Crippen LogP contribution in [0.2, 0.25) is 0 Å². The van der Waals surface area contributed by atoms with Crippen LogP contribution in [0.3, 0.4) is 0 Å². The SMILES string of the molecule is CN(Cc1ccsc1)C1(CN)CCC1. The van der Waals surface area contributed by atoms with Crippen molar-refractivity contribution < 1.29 is 0 Å². The van der Waals surface area contributed by atoms with E-state index >= 15 is 0 Å². The first kappa shape index (κ1) is 10.1. The van der Waals surface area contributed by atoms with E-state index in [1.807, 2.05) is 0 Å². The molecule has 1 aromatic heterocycles. The van der Waals surface area contributed by atoms with Crippen LogP contribution in [0, 0.1) is 0 Å². The van der Waals surface area contributed by atoms with E-state index < -0.39 is 0 Å². The van der Waals surface area contributed by atoms with Gasteiger partial charge in [-0.1, -0.05) is 0 Å². The normalized spacial score (nSPS) is 19.6. The fourth-order valence-corrected chi connectivity index (χ4v) is 2.81. The number of thiophene rings is 1. The quantitative estimate of drug-likeness (QED) is 0.824. The third-order valence-corrected chi connectivity index (χ3v) is 4.21. The van der Waals surface area contributed by atoms with Gasteiger partial charge in [0.05, 0.1) is 0 Å². The average molecular weight is 210 g/mol. The number of rotatable bonds is 4. The molecule has 1 fully saturated rings. The zero-order chi connectivity index (χ0) is 10.0. The van der Waals surface area contributed by atoms with Gasteiger partial charge < -0.3 is 5.73 Å². The van der Waals surface area contributed by atoms with E-state index in [0.29, 0.717) is 5.54 Å². The summed E-state index contributed by atoms with van der Waals surface area (Å²) in [6.07, 6.45) is 3.87. The predicted octanol–water partition coefficient (Wildman–Crippen LogP) is 2.06. The number of nitrogens with zero attached hydrogens (tertiary/aromatic N) is 1. The molecule has 1 heterocycles. The van der Waals surface area contributed by atoms with Crippen LogP contribution in [0.1, 0.15) is 24.8 Å². The summed E-state index contributed by atoms with van der Waals surface area (Å²) in [6.45, 7) is 1.84. The second kappa shape index (κ2) is 4.01. The Morgan fingerprint density at radius 3 is 2.79 bits per heavy atom. The van der Waals surface area contributed by atoms with Crippen LogP contribution in [0.4, 0.5) is 0 Å². The van der Waals surface area contributed by atoms with E-state index in [1.54, 1.807) is 11.3 Å². The first-order chi connectivity index (χ1) is 6.77. The second-order valence-electron chi connectivity index (χ2n) is 4.27. The Kier molecular flexibility index (Phi) is 2.91. The summed E-state index contributed by atoms with van der Waals surface area (Å²) >= 11 is 1.77. The van der Waals surface area contributed by atoms with Crippen molar-refractivity contribution in [1.82, 2.24) is 4.90 Å². The Bertz CT molecular complexity index is 272. The molecule has 0 amide bonds. The highest BCUT2D eigenvalue weighted by Crippen LogP contribution is 2.36. The van der Waals surface area contributed by atoms with Gasteiger partial charge >= 0.3 is 0 Å². The summed E-state index contributed by atoms with van der Waals surface area (Å²) in [4.78, 5) is 2.43. The van der Waals surface area contributed by atoms with Crippen molar-refractivity contribution in [2.24, 2.45) is 5.73 Å². The molecule has 1 aromatic rings. The van der Waals surface area contributed by atoms with Crippen LogP contribution >= 0.6 is 11.3 Å². The minimum absolute atomic E-state index is 0.307. The van der Waals surface area contributed by atoms with Crippen LogP contribution in [0.15, 0.2) is 16.8 Å². The van der Waals surface area contributed by atoms with Gasteiger partial charge in [-0.05, 0) is 48.7 Å². The third kappa shape index (κ3) is 1.72. The molecule has 0 spiro atoms. The van der Waals surface area contributed by atoms with Gasteiger partial charge in [0.25, 0.3) is 0 Å². The lowest BCUT2D eigenvalue weighted by Crippen LogP contribution is -2.56. The van der Waals surface area contributed by atoms with Crippen LogP contribution in [-0.4, -0.2) is 24.0 Å². The second-order valence-corrected chi connectivity index (χ2v) is 5.05. The van der Waals surface area contributed by atoms with Gasteiger partial charge in [0, 0.05) is 18.6 Å². The van der Waals surface area contributed by atoms with Crippen LogP contribution in [-0.2, 0) is 6.54 Å². The zero-order valence-electron chi connectivity index (χ0n) is 8.70. The molecule has 0 aliphatic heterocycles. The Balaban J connectivity index is 1.98. The predicted molar refractivity (Wildman–Crippen MR) is 61.4 cm³/mol. The topological polar surface area (TPSA) is 29.3 Å². The molecule has 1 aliphatic rings. The van der Waals surface area contributed by atoms with Gasteiger partial charge in [-0.25, -0.2) is 0 Å². The molecule has 0 atom stereocenters. The number of hydrogen-bond donors (Lipinski definition) is 1. The third-order valence-electron chi connectivity index (χ3n) is 3.47. The lowest BCUT2D eigenvalue weighted by molar-refractivity contribution is 0.0399. The van der Waals surface area contributed by atoms with Gasteiger partial charge in [0.1, 0.15) is 0 Å². The van der Waals surface area contributed by atoms with Crippen molar-refractivity contribution in [3.8, 4) is 0 Å². The van der Waals surface area contributed by atoms with Gasteiger partial charge in [-0.2, -0.15) is 11.3 Å². The van der Waals surface area contributed by atoms with Gasteiger partial charge in [0.15, 0.2) is 0 Å². The summed E-state index contributed by atoms with van der Waals surface area (Å²) in [5, 5.41) is 4.36. The van der Waals surface area contributed by atoms with Crippen molar-refractivity contribution in [1.29, 1.82) is 0 Å². The summed E-state index contributed by atoms with van der Waals surface area (Å²) in [6, 6.07) is 2.20. The Morgan fingerprint density at radius 2 is 2.36 bits per heavy atom. The van der Waals surface area contributed by atoms with Crippen molar-refractivity contribution in [2.75, 3.05) is 13.6 Å². The summed E-state index contributed by atoms with van der Waals surface area (Å²) in [5.74, 6) is 0. The van der Waals surface area contributed by atoms with Crippen LogP contribution in [0.25, 0.3) is 0 Å². The number of nitrogens with two attached hydrogens (primary N) is 1. The maximum atomic E-state index is 5.86. The highest BCUT2D eigenvalue weighted by Gasteiger charge is 2.39. The van der Waals surface area contributed by atoms with Crippen LogP contribution in [0.5, 0.6) is 0 Å². The highest BCUT2D eigenvalue weighted by atomic mass is 32.1. The number of likely N-dealkylation sites (N-methyl/N-ethyl adjacent to an activating group) is 1. The monoisotopic (exact) mass is 210 g/mol. The maximum Gasteiger partial charge on any atom is 0.0332 e. The van der Waals surface area contributed by atoms with E-state index in [0.717, 1.165) is 13.1 Å². The standard InChI is InChI=1S/C11H18N2S/c1-13(7-10-3-6-14-8-10)11(9-12)4-2-5-11/h3,6,8H,2,4-5,7,9,12H2,1H3. The lowest BCUT2D eigenvalue weighted by atomic mass is 9.75. The van der Waals surface area contributed by atoms with Crippen molar-refractivity contribution in [2.45, 2.75) is 31.3 Å². The van der Waals surface area contributed by atoms with E-state index in [1.165, 1.54) is 24.8 Å². The van der Waals surface area contributed by atoms with E-state index in [-0.39, 0.29) is 0 Å². The molecule has 0 bridgehead atoms. The van der Waals surface area contributed by atoms with E-state index in [4.69, 9.17) is 5.73 Å². The summed E-state index contributed by atoms with van der Waals surface area (Å²) in [5.41, 5.74) is 7.58. The Hall–Kier alpha value is -0.380. The molecule has 0 unspecified atom stereocenters. The Labute approximate surface area is 89.7 Å². The molecule has 0 saturated heterocycles. The fraction of sp³-hybridized carbons (Fsp3) is 0.636. The molecule has 0 radical (unpaired) electrons. The molecule has 2 N–H and O–H groups in total. The van der Waals surface area contributed by atoms with Crippen molar-refractivity contribution in [3.63, 3.8) is 0 Å². The zero-order valence-corrected chi connectivity index (χ0v) is 9.52. The lowest BCUT2D eigenvalue weighted by Gasteiger charge is -2.48. The molecule has 1 saturated carbocycles. The maximum absolute atomic E-state index is 5.86. The molecule has 1 aliphatic carbocycles. The smallest absolute Gasteiger partial charge is 0.0332 e. The molecular weight excluding hydrogens is 192 g/mol. The first-order valence-corrected chi connectivity index (χ1v) is 6.13. The summed E-state index contributed by atoms with van der Waals surface area (Å²) in [7, 11) is 2.20. The number of hydrogen-bond acceptors (Lipinski definition) is 3. The molecule has 2 rings (SSSR count). The summed E-state index contributed by atoms with van der Waals surface area (Å²) < 4.78 is 0. The van der Waals surface area contributed by atoms with Gasteiger partial charge in [0.2, 0.25) is 0 Å². The van der Waals surface area contributed by atoms with Crippen LogP contribution < -0.4 is 5.73 Å². The molecule has 2 nitrogen and oxygen atoms in total. The molecule has 14 heavy (non-hydrogen) atoms. The molecule has 0 aromatic carbocycles. The van der Waals surface area contributed by atoms with E-state index in [9.17, 15) is 0 Å². The first-order valence-electron chi connectivity index (χ1n) is 5.19. The molecule has 3 heteroatoms. The molecular formula is C11H18N2S. The van der Waals surface area contributed by atoms with E-state index in [2.05, 4.69) is 28.8 Å². The van der Waals surface area contributed by atoms with Crippen molar-refractivity contribution >= 4 is 11.3 Å². The Morgan fingerprint density at radius 1 is 1.57 bits per heavy atom. The minimum atomic E-state index is 0.307. The molecule has 78 valence electrons.